The third-order valence-corrected chi connectivity index (χ3v) is 7.01. The first-order valence-corrected chi connectivity index (χ1v) is 12.5. The monoisotopic (exact) mass is 443 g/mol. The van der Waals surface area contributed by atoms with Gasteiger partial charge in [-0.3, -0.25) is 4.98 Å². The molecule has 0 aliphatic heterocycles. The molecule has 0 radical (unpaired) electrons. The Bertz CT molecular complexity index is 633. The molecule has 0 saturated carbocycles. The van der Waals surface area contributed by atoms with Gasteiger partial charge in [-0.25, -0.2) is 0 Å². The highest BCUT2D eigenvalue weighted by atomic mass is 16.5. The highest BCUT2D eigenvalue weighted by Gasteiger charge is 2.30. The Morgan fingerprint density at radius 2 is 2.12 bits per heavy atom. The number of methoxy groups -OCH3 is 1. The van der Waals surface area contributed by atoms with Gasteiger partial charge in [-0.05, 0) is 95.6 Å². The van der Waals surface area contributed by atoms with Gasteiger partial charge < -0.3 is 15.0 Å². The number of hydrogen-bond donors (Lipinski definition) is 1. The average molecular weight is 444 g/mol. The van der Waals surface area contributed by atoms with E-state index in [4.69, 9.17) is 4.74 Å². The standard InChI is InChI=1S/C28H49N3O/c1-8-24(3)25(4)14-15-26(9-2)13-11-21-31(6)23-28(32-7,18-20-29-5)17-16-27-12-10-19-30-22-27/h8,10,12,19,22,24,26,29H,1,4,9,11,13-18,20-21,23H2,2-3,5-7H3. The van der Waals surface area contributed by atoms with E-state index >= 15 is 0 Å². The first kappa shape index (κ1) is 28.5. The van der Waals surface area contributed by atoms with Crippen molar-refractivity contribution in [2.75, 3.05) is 40.8 Å². The van der Waals surface area contributed by atoms with Crippen LogP contribution < -0.4 is 5.32 Å². The van der Waals surface area contributed by atoms with Crippen molar-refractivity contribution in [1.29, 1.82) is 0 Å². The van der Waals surface area contributed by atoms with E-state index < -0.39 is 0 Å². The summed E-state index contributed by atoms with van der Waals surface area (Å²) in [4.78, 5) is 6.73. The van der Waals surface area contributed by atoms with Crippen LogP contribution >= 0.6 is 0 Å². The molecule has 0 aromatic carbocycles. The Morgan fingerprint density at radius 3 is 2.72 bits per heavy atom. The molecule has 0 spiro atoms. The van der Waals surface area contributed by atoms with Crippen LogP contribution in [0.2, 0.25) is 0 Å². The van der Waals surface area contributed by atoms with Gasteiger partial charge in [0.05, 0.1) is 5.60 Å². The van der Waals surface area contributed by atoms with Crippen LogP contribution in [0.1, 0.15) is 64.4 Å². The van der Waals surface area contributed by atoms with Gasteiger partial charge in [0, 0.05) is 26.0 Å². The topological polar surface area (TPSA) is 37.4 Å². The molecule has 4 heteroatoms. The molecule has 1 rings (SSSR count). The van der Waals surface area contributed by atoms with Crippen LogP contribution in [0.3, 0.4) is 0 Å². The number of nitrogens with one attached hydrogen (secondary N) is 1. The Balaban J connectivity index is 2.54. The summed E-state index contributed by atoms with van der Waals surface area (Å²) in [5, 5.41) is 3.31. The fraction of sp³-hybridized carbons (Fsp3) is 0.679. The number of allylic oxidation sites excluding steroid dienone is 2. The van der Waals surface area contributed by atoms with Crippen molar-refractivity contribution < 1.29 is 4.74 Å². The Hall–Kier alpha value is -1.49. The highest BCUT2D eigenvalue weighted by Crippen LogP contribution is 2.26. The first-order chi connectivity index (χ1) is 15.4. The molecule has 0 fully saturated rings. The van der Waals surface area contributed by atoms with E-state index in [1.807, 2.05) is 38.7 Å². The molecule has 0 amide bonds. The van der Waals surface area contributed by atoms with Gasteiger partial charge in [-0.2, -0.15) is 0 Å². The molecule has 0 aliphatic carbocycles. The lowest BCUT2D eigenvalue weighted by atomic mass is 9.89. The average Bonchev–Trinajstić information content (AvgIpc) is 2.82. The molecule has 1 heterocycles. The largest absolute Gasteiger partial charge is 0.377 e. The summed E-state index contributed by atoms with van der Waals surface area (Å²) in [5.41, 5.74) is 2.45. The predicted octanol–water partition coefficient (Wildman–Crippen LogP) is 5.91. The summed E-state index contributed by atoms with van der Waals surface area (Å²) in [6, 6.07) is 4.17. The molecular formula is C28H49N3O. The van der Waals surface area contributed by atoms with Gasteiger partial charge in [0.25, 0.3) is 0 Å². The molecule has 3 unspecified atom stereocenters. The van der Waals surface area contributed by atoms with E-state index in [0.29, 0.717) is 5.92 Å². The van der Waals surface area contributed by atoms with Gasteiger partial charge in [0.15, 0.2) is 0 Å². The number of aromatic nitrogens is 1. The smallest absolute Gasteiger partial charge is 0.0820 e. The van der Waals surface area contributed by atoms with E-state index in [0.717, 1.165) is 51.2 Å². The molecule has 4 nitrogen and oxygen atoms in total. The molecule has 32 heavy (non-hydrogen) atoms. The van der Waals surface area contributed by atoms with Gasteiger partial charge in [0.2, 0.25) is 0 Å². The fourth-order valence-corrected chi connectivity index (χ4v) is 4.38. The van der Waals surface area contributed by atoms with Crippen molar-refractivity contribution in [3.63, 3.8) is 0 Å². The summed E-state index contributed by atoms with van der Waals surface area (Å²) >= 11 is 0. The van der Waals surface area contributed by atoms with Gasteiger partial charge >= 0.3 is 0 Å². The zero-order chi connectivity index (χ0) is 23.8. The molecule has 1 N–H and O–H groups in total. The SMILES string of the molecule is C=CC(C)C(=C)CCC(CC)CCCN(C)CC(CCNC)(CCc1cccnc1)OC. The van der Waals surface area contributed by atoms with Crippen molar-refractivity contribution in [1.82, 2.24) is 15.2 Å². The van der Waals surface area contributed by atoms with Crippen molar-refractivity contribution in [3.05, 3.63) is 54.9 Å². The van der Waals surface area contributed by atoms with Gasteiger partial charge in [-0.1, -0.05) is 44.6 Å². The molecule has 0 aliphatic rings. The Labute approximate surface area is 198 Å². The fourth-order valence-electron chi connectivity index (χ4n) is 4.38. The van der Waals surface area contributed by atoms with Crippen LogP contribution in [0.15, 0.2) is 49.3 Å². The summed E-state index contributed by atoms with van der Waals surface area (Å²) in [7, 11) is 6.13. The predicted molar refractivity (Wildman–Crippen MR) is 139 cm³/mol. The number of hydrogen-bond acceptors (Lipinski definition) is 4. The highest BCUT2D eigenvalue weighted by molar-refractivity contribution is 5.09. The summed E-state index contributed by atoms with van der Waals surface area (Å²) < 4.78 is 6.16. The lowest BCUT2D eigenvalue weighted by molar-refractivity contribution is -0.0442. The number of aryl methyl sites for hydroxylation is 1. The van der Waals surface area contributed by atoms with Gasteiger partial charge in [-0.15, -0.1) is 6.58 Å². The maximum absolute atomic E-state index is 6.16. The van der Waals surface area contributed by atoms with Crippen LogP contribution in [0.5, 0.6) is 0 Å². The number of rotatable bonds is 19. The van der Waals surface area contributed by atoms with Crippen molar-refractivity contribution in [2.24, 2.45) is 11.8 Å². The maximum Gasteiger partial charge on any atom is 0.0820 e. The number of likely N-dealkylation sites (N-methyl/N-ethyl adjacent to an activating group) is 1. The maximum atomic E-state index is 6.16. The van der Waals surface area contributed by atoms with Crippen molar-refractivity contribution >= 4 is 0 Å². The van der Waals surface area contributed by atoms with E-state index in [-0.39, 0.29) is 5.60 Å². The number of ether oxygens (including phenoxy) is 1. The third kappa shape index (κ3) is 10.9. The zero-order valence-electron chi connectivity index (χ0n) is 21.5. The molecule has 1 aromatic heterocycles. The molecule has 0 bridgehead atoms. The molecule has 0 saturated heterocycles. The van der Waals surface area contributed by atoms with E-state index in [9.17, 15) is 0 Å². The summed E-state index contributed by atoms with van der Waals surface area (Å²) in [6.45, 7) is 15.7. The van der Waals surface area contributed by atoms with Crippen LogP contribution in [0, 0.1) is 11.8 Å². The zero-order valence-corrected chi connectivity index (χ0v) is 21.5. The summed E-state index contributed by atoms with van der Waals surface area (Å²) in [6.07, 6.45) is 14.9. The molecular weight excluding hydrogens is 394 g/mol. The normalized spacial score (nSPS) is 15.3. The Morgan fingerprint density at radius 1 is 1.34 bits per heavy atom. The second kappa shape index (κ2) is 16.2. The lowest BCUT2D eigenvalue weighted by Gasteiger charge is -2.36. The number of pyridine rings is 1. The van der Waals surface area contributed by atoms with Crippen LogP contribution in [-0.2, 0) is 11.2 Å². The van der Waals surface area contributed by atoms with Crippen molar-refractivity contribution in [2.45, 2.75) is 70.8 Å². The van der Waals surface area contributed by atoms with E-state index in [1.54, 1.807) is 0 Å². The minimum Gasteiger partial charge on any atom is -0.377 e. The second-order valence-corrected chi connectivity index (χ2v) is 9.48. The second-order valence-electron chi connectivity index (χ2n) is 9.48. The third-order valence-electron chi connectivity index (χ3n) is 7.01. The molecule has 3 atom stereocenters. The minimum atomic E-state index is -0.143. The van der Waals surface area contributed by atoms with Crippen LogP contribution in [-0.4, -0.2) is 56.3 Å². The minimum absolute atomic E-state index is 0.143. The molecule has 182 valence electrons. The first-order valence-electron chi connectivity index (χ1n) is 12.5. The lowest BCUT2D eigenvalue weighted by Crippen LogP contribution is -2.45. The van der Waals surface area contributed by atoms with E-state index in [2.05, 4.69) is 55.3 Å². The van der Waals surface area contributed by atoms with Crippen molar-refractivity contribution in [3.8, 4) is 0 Å². The quantitative estimate of drug-likeness (QED) is 0.270. The number of nitrogens with zero attached hydrogens (tertiary/aromatic N) is 2. The van der Waals surface area contributed by atoms with Crippen LogP contribution in [0.4, 0.5) is 0 Å². The van der Waals surface area contributed by atoms with Gasteiger partial charge in [0.1, 0.15) is 0 Å². The van der Waals surface area contributed by atoms with E-state index in [1.165, 1.54) is 36.8 Å². The van der Waals surface area contributed by atoms with Crippen LogP contribution in [0.25, 0.3) is 0 Å². The molecule has 1 aromatic rings. The Kier molecular flexibility index (Phi) is 14.4. The summed E-state index contributed by atoms with van der Waals surface area (Å²) in [5.74, 6) is 1.20.